The van der Waals surface area contributed by atoms with Crippen LogP contribution in [0, 0.1) is 0 Å². The molecule has 0 bridgehead atoms. The second-order valence-corrected chi connectivity index (χ2v) is 4.75. The van der Waals surface area contributed by atoms with Gasteiger partial charge in [0.15, 0.2) is 5.82 Å². The molecule has 3 N–H and O–H groups in total. The van der Waals surface area contributed by atoms with Gasteiger partial charge in [0, 0.05) is 26.2 Å². The fraction of sp³-hybridized carbons (Fsp3) is 0.636. The highest BCUT2D eigenvalue weighted by Gasteiger charge is 2.19. The lowest BCUT2D eigenvalue weighted by molar-refractivity contribution is 0.258. The number of piperazine rings is 1. The van der Waals surface area contributed by atoms with Crippen molar-refractivity contribution in [2.45, 2.75) is 13.3 Å². The molecule has 1 saturated heterocycles. The molecule has 1 fully saturated rings. The summed E-state index contributed by atoms with van der Waals surface area (Å²) < 4.78 is 0. The van der Waals surface area contributed by atoms with E-state index in [2.05, 4.69) is 32.1 Å². The summed E-state index contributed by atoms with van der Waals surface area (Å²) in [6.45, 7) is 7.30. The molecule has 0 amide bonds. The van der Waals surface area contributed by atoms with Crippen molar-refractivity contribution in [2.75, 3.05) is 43.0 Å². The van der Waals surface area contributed by atoms with E-state index in [9.17, 15) is 0 Å². The van der Waals surface area contributed by atoms with E-state index in [0.29, 0.717) is 11.0 Å². The van der Waals surface area contributed by atoms with E-state index in [4.69, 9.17) is 17.4 Å². The van der Waals surface area contributed by atoms with Crippen LogP contribution in [0.25, 0.3) is 0 Å². The van der Waals surface area contributed by atoms with Crippen LogP contribution in [0.2, 0.25) is 5.02 Å². The fourth-order valence-corrected chi connectivity index (χ4v) is 2.36. The monoisotopic (exact) mass is 270 g/mol. The van der Waals surface area contributed by atoms with E-state index in [-0.39, 0.29) is 0 Å². The van der Waals surface area contributed by atoms with Crippen molar-refractivity contribution in [1.29, 1.82) is 0 Å². The molecule has 2 rings (SSSR count). The van der Waals surface area contributed by atoms with Crippen LogP contribution >= 0.6 is 11.6 Å². The number of nitrogens with zero attached hydrogens (tertiary/aromatic N) is 4. The molecule has 0 atom stereocenters. The lowest BCUT2D eigenvalue weighted by atomic mass is 10.3. The number of aromatic nitrogens is 2. The van der Waals surface area contributed by atoms with Crippen LogP contribution in [0.3, 0.4) is 0 Å². The molecule has 100 valence electrons. The van der Waals surface area contributed by atoms with Gasteiger partial charge in [-0.15, -0.1) is 0 Å². The first-order chi connectivity index (χ1) is 8.74. The predicted octanol–water partition coefficient (Wildman–Crippen LogP) is 0.948. The van der Waals surface area contributed by atoms with Gasteiger partial charge in [0.25, 0.3) is 0 Å². The van der Waals surface area contributed by atoms with Crippen LogP contribution in [0.5, 0.6) is 0 Å². The quantitative estimate of drug-likeness (QED) is 0.627. The van der Waals surface area contributed by atoms with Crippen molar-refractivity contribution in [3.05, 3.63) is 11.2 Å². The Morgan fingerprint density at radius 1 is 1.39 bits per heavy atom. The van der Waals surface area contributed by atoms with E-state index in [0.717, 1.165) is 38.5 Å². The highest BCUT2D eigenvalue weighted by molar-refractivity contribution is 6.32. The molecule has 7 heteroatoms. The summed E-state index contributed by atoms with van der Waals surface area (Å²) in [5, 5.41) is 0.568. The van der Waals surface area contributed by atoms with Gasteiger partial charge in [-0.2, -0.15) is 4.98 Å². The summed E-state index contributed by atoms with van der Waals surface area (Å²) in [4.78, 5) is 12.9. The lowest BCUT2D eigenvalue weighted by Gasteiger charge is -2.35. The van der Waals surface area contributed by atoms with Crippen LogP contribution in [0.1, 0.15) is 13.3 Å². The number of nitrogens with two attached hydrogens (primary N) is 1. The van der Waals surface area contributed by atoms with Gasteiger partial charge in [-0.25, -0.2) is 10.8 Å². The summed E-state index contributed by atoms with van der Waals surface area (Å²) in [5.41, 5.74) is 2.44. The van der Waals surface area contributed by atoms with E-state index >= 15 is 0 Å². The van der Waals surface area contributed by atoms with E-state index < -0.39 is 0 Å². The molecule has 0 unspecified atom stereocenters. The number of halogens is 1. The van der Waals surface area contributed by atoms with Crippen LogP contribution in [0.4, 0.5) is 11.8 Å². The van der Waals surface area contributed by atoms with Crippen molar-refractivity contribution >= 4 is 23.4 Å². The Bertz CT molecular complexity index is 391. The number of nitrogens with one attached hydrogen (secondary N) is 1. The van der Waals surface area contributed by atoms with Crippen LogP contribution in [0.15, 0.2) is 6.20 Å². The first-order valence-electron chi connectivity index (χ1n) is 6.21. The molecule has 1 aromatic heterocycles. The van der Waals surface area contributed by atoms with Gasteiger partial charge in [-0.3, -0.25) is 10.3 Å². The second kappa shape index (κ2) is 6.17. The number of hydrogen-bond donors (Lipinski definition) is 2. The third-order valence-corrected chi connectivity index (χ3v) is 3.33. The van der Waals surface area contributed by atoms with Gasteiger partial charge in [0.1, 0.15) is 5.02 Å². The third-order valence-electron chi connectivity index (χ3n) is 3.07. The zero-order valence-electron chi connectivity index (χ0n) is 10.6. The average molecular weight is 271 g/mol. The Balaban J connectivity index is 2.04. The molecular weight excluding hydrogens is 252 g/mol. The Hall–Kier alpha value is -1.11. The molecule has 18 heavy (non-hydrogen) atoms. The van der Waals surface area contributed by atoms with E-state index in [1.165, 1.54) is 6.42 Å². The molecule has 2 heterocycles. The maximum absolute atomic E-state index is 6.14. The standard InChI is InChI=1S/C11H19ClN6/c1-2-3-17-4-6-18(7-5-17)10-9(12)8-14-11(15-10)16-13/h8H,2-7,13H2,1H3,(H,14,15,16). The van der Waals surface area contributed by atoms with Gasteiger partial charge in [0.05, 0.1) is 6.20 Å². The SMILES string of the molecule is CCCN1CCN(c2nc(NN)ncc2Cl)CC1. The first-order valence-corrected chi connectivity index (χ1v) is 6.59. The molecule has 1 aliphatic rings. The summed E-state index contributed by atoms with van der Waals surface area (Å²) in [6, 6.07) is 0. The van der Waals surface area contributed by atoms with Crippen molar-refractivity contribution in [1.82, 2.24) is 14.9 Å². The van der Waals surface area contributed by atoms with Crippen LogP contribution < -0.4 is 16.2 Å². The molecule has 1 aromatic rings. The number of nitrogen functional groups attached to an aromatic ring is 1. The molecule has 0 spiro atoms. The van der Waals surface area contributed by atoms with Crippen molar-refractivity contribution in [3.8, 4) is 0 Å². The molecule has 6 nitrogen and oxygen atoms in total. The predicted molar refractivity (Wildman–Crippen MR) is 73.8 cm³/mol. The maximum Gasteiger partial charge on any atom is 0.239 e. The van der Waals surface area contributed by atoms with Crippen molar-refractivity contribution in [3.63, 3.8) is 0 Å². The van der Waals surface area contributed by atoms with Gasteiger partial charge < -0.3 is 4.90 Å². The zero-order valence-corrected chi connectivity index (χ0v) is 11.3. The maximum atomic E-state index is 6.14. The van der Waals surface area contributed by atoms with E-state index in [1.54, 1.807) is 6.20 Å². The molecule has 0 aromatic carbocycles. The second-order valence-electron chi connectivity index (χ2n) is 4.34. The normalized spacial score (nSPS) is 16.9. The van der Waals surface area contributed by atoms with Crippen LogP contribution in [-0.2, 0) is 0 Å². The Morgan fingerprint density at radius 2 is 2.11 bits per heavy atom. The minimum atomic E-state index is 0.394. The lowest BCUT2D eigenvalue weighted by Crippen LogP contribution is -2.47. The largest absolute Gasteiger partial charge is 0.353 e. The van der Waals surface area contributed by atoms with Crippen molar-refractivity contribution < 1.29 is 0 Å². The van der Waals surface area contributed by atoms with Gasteiger partial charge in [0.2, 0.25) is 5.95 Å². The fourth-order valence-electron chi connectivity index (χ4n) is 2.15. The van der Waals surface area contributed by atoms with E-state index in [1.807, 2.05) is 0 Å². The van der Waals surface area contributed by atoms with Gasteiger partial charge >= 0.3 is 0 Å². The Labute approximate surface area is 112 Å². The molecule has 0 aliphatic carbocycles. The summed E-state index contributed by atoms with van der Waals surface area (Å²) in [7, 11) is 0. The third kappa shape index (κ3) is 3.01. The summed E-state index contributed by atoms with van der Waals surface area (Å²) in [5.74, 6) is 6.47. The number of anilines is 2. The summed E-state index contributed by atoms with van der Waals surface area (Å²) >= 11 is 6.14. The number of rotatable bonds is 4. The Kier molecular flexibility index (Phi) is 4.57. The number of hydrogen-bond acceptors (Lipinski definition) is 6. The highest BCUT2D eigenvalue weighted by atomic mass is 35.5. The van der Waals surface area contributed by atoms with Crippen molar-refractivity contribution in [2.24, 2.45) is 5.84 Å². The summed E-state index contributed by atoms with van der Waals surface area (Å²) in [6.07, 6.45) is 2.77. The Morgan fingerprint density at radius 3 is 2.72 bits per heavy atom. The highest BCUT2D eigenvalue weighted by Crippen LogP contribution is 2.24. The first kappa shape index (κ1) is 13.3. The topological polar surface area (TPSA) is 70.3 Å². The molecule has 1 aliphatic heterocycles. The smallest absolute Gasteiger partial charge is 0.239 e. The van der Waals surface area contributed by atoms with Crippen LogP contribution in [-0.4, -0.2) is 47.6 Å². The van der Waals surface area contributed by atoms with Gasteiger partial charge in [-0.05, 0) is 13.0 Å². The molecule has 0 saturated carbocycles. The molecule has 0 radical (unpaired) electrons. The minimum absolute atomic E-state index is 0.394. The minimum Gasteiger partial charge on any atom is -0.353 e. The zero-order chi connectivity index (χ0) is 13.0. The number of hydrazine groups is 1. The molecular formula is C11H19ClN6. The van der Waals surface area contributed by atoms with Gasteiger partial charge in [-0.1, -0.05) is 18.5 Å². The average Bonchev–Trinajstić information content (AvgIpc) is 2.41.